The van der Waals surface area contributed by atoms with E-state index in [0.29, 0.717) is 6.54 Å². The predicted molar refractivity (Wildman–Crippen MR) is 65.2 cm³/mol. The molecule has 0 saturated heterocycles. The maximum atomic E-state index is 12.7. The average Bonchev–Trinajstić information content (AvgIpc) is 2.32. The highest BCUT2D eigenvalue weighted by atomic mass is 32.3. The summed E-state index contributed by atoms with van der Waals surface area (Å²) in [6, 6.07) is 9.75. The molecular weight excluding hydrogens is 253 g/mol. The Balaban J connectivity index is 2.18. The second-order valence-corrected chi connectivity index (χ2v) is 5.48. The normalized spacial score (nSPS) is 11.4. The fourth-order valence-electron chi connectivity index (χ4n) is 1.61. The molecule has 1 aromatic heterocycles. The predicted octanol–water partition coefficient (Wildman–Crippen LogP) is 1.99. The van der Waals surface area contributed by atoms with Gasteiger partial charge in [0.05, 0.1) is 4.90 Å². The maximum Gasteiger partial charge on any atom is 0.332 e. The third-order valence-corrected chi connectivity index (χ3v) is 3.46. The maximum absolute atomic E-state index is 12.7. The first-order chi connectivity index (χ1) is 8.45. The highest BCUT2D eigenvalue weighted by molar-refractivity contribution is 7.86. The molecule has 0 radical (unpaired) electrons. The van der Waals surface area contributed by atoms with Crippen molar-refractivity contribution in [2.24, 2.45) is 0 Å². The number of halogens is 1. The van der Waals surface area contributed by atoms with E-state index in [4.69, 9.17) is 0 Å². The molecule has 2 rings (SSSR count). The smallest absolute Gasteiger partial charge is 0.201 e. The minimum atomic E-state index is -4.60. The molecule has 0 aliphatic heterocycles. The molecule has 3 nitrogen and oxygen atoms in total. The van der Waals surface area contributed by atoms with E-state index in [0.717, 1.165) is 5.56 Å². The van der Waals surface area contributed by atoms with Gasteiger partial charge in [0.2, 0.25) is 0 Å². The summed E-state index contributed by atoms with van der Waals surface area (Å²) in [6.07, 6.45) is 3.88. The lowest BCUT2D eigenvalue weighted by Crippen LogP contribution is -2.33. The van der Waals surface area contributed by atoms with Crippen LogP contribution in [0.5, 0.6) is 0 Å². The molecule has 1 aromatic carbocycles. The summed E-state index contributed by atoms with van der Waals surface area (Å²) in [5.41, 5.74) is 2.08. The lowest BCUT2D eigenvalue weighted by Gasteiger charge is -1.99. The van der Waals surface area contributed by atoms with Gasteiger partial charge in [-0.25, -0.2) is 4.57 Å². The molecule has 5 heteroatoms. The molecule has 2 aromatic rings. The molecule has 0 saturated carbocycles. The van der Waals surface area contributed by atoms with Gasteiger partial charge in [-0.3, -0.25) is 0 Å². The fraction of sp³-hybridized carbons (Fsp3) is 0.154. The number of benzene rings is 1. The van der Waals surface area contributed by atoms with E-state index in [1.54, 1.807) is 12.1 Å². The van der Waals surface area contributed by atoms with Crippen LogP contribution in [-0.4, -0.2) is 8.42 Å². The lowest BCUT2D eigenvalue weighted by atomic mass is 10.2. The van der Waals surface area contributed by atoms with Crippen LogP contribution in [-0.2, 0) is 16.8 Å². The van der Waals surface area contributed by atoms with Crippen molar-refractivity contribution < 1.29 is 16.9 Å². The van der Waals surface area contributed by atoms with Gasteiger partial charge < -0.3 is 0 Å². The molecule has 0 spiro atoms. The average molecular weight is 266 g/mol. The van der Waals surface area contributed by atoms with E-state index in [9.17, 15) is 12.3 Å². The number of aryl methyl sites for hydroxylation is 1. The van der Waals surface area contributed by atoms with Crippen molar-refractivity contribution >= 4 is 10.2 Å². The van der Waals surface area contributed by atoms with Crippen molar-refractivity contribution in [3.63, 3.8) is 0 Å². The van der Waals surface area contributed by atoms with Gasteiger partial charge in [-0.05, 0) is 24.6 Å². The summed E-state index contributed by atoms with van der Waals surface area (Å²) >= 11 is 0. The zero-order chi connectivity index (χ0) is 13.2. The first-order valence-electron chi connectivity index (χ1n) is 5.44. The Bertz CT molecular complexity index is 634. The molecule has 0 amide bonds. The zero-order valence-corrected chi connectivity index (χ0v) is 10.7. The number of rotatable bonds is 3. The van der Waals surface area contributed by atoms with Crippen LogP contribution < -0.4 is 4.57 Å². The molecule has 0 aliphatic carbocycles. The second kappa shape index (κ2) is 4.86. The lowest BCUT2D eigenvalue weighted by molar-refractivity contribution is -0.688. The number of pyridine rings is 1. The molecule has 18 heavy (non-hydrogen) atoms. The third-order valence-electron chi connectivity index (χ3n) is 2.63. The highest BCUT2D eigenvalue weighted by Gasteiger charge is 2.11. The zero-order valence-electron chi connectivity index (χ0n) is 9.88. The standard InChI is InChI=1S/C13H13FNO2S/c1-11-6-8-15(9-7-11)10-12-2-4-13(5-3-12)18(14,16)17/h2-9H,10H2,1H3/q+1. The molecule has 0 N–H and O–H groups in total. The van der Waals surface area contributed by atoms with Crippen LogP contribution >= 0.6 is 0 Å². The third kappa shape index (κ3) is 3.13. The summed E-state index contributed by atoms with van der Waals surface area (Å²) in [5.74, 6) is 0. The van der Waals surface area contributed by atoms with Gasteiger partial charge in [-0.15, -0.1) is 3.89 Å². The second-order valence-electron chi connectivity index (χ2n) is 4.13. The summed E-state index contributed by atoms with van der Waals surface area (Å²) in [5, 5.41) is 0. The van der Waals surface area contributed by atoms with Gasteiger partial charge in [0.1, 0.15) is 0 Å². The van der Waals surface area contributed by atoms with Crippen LogP contribution in [0.1, 0.15) is 11.1 Å². The first kappa shape index (κ1) is 12.7. The van der Waals surface area contributed by atoms with Gasteiger partial charge in [-0.2, -0.15) is 8.42 Å². The first-order valence-corrected chi connectivity index (χ1v) is 6.83. The number of hydrogen-bond donors (Lipinski definition) is 0. The minimum Gasteiger partial charge on any atom is -0.201 e. The molecule has 94 valence electrons. The van der Waals surface area contributed by atoms with Gasteiger partial charge in [0, 0.05) is 17.7 Å². The molecule has 0 fully saturated rings. The van der Waals surface area contributed by atoms with Crippen molar-refractivity contribution in [2.75, 3.05) is 0 Å². The van der Waals surface area contributed by atoms with Crippen molar-refractivity contribution in [3.8, 4) is 0 Å². The van der Waals surface area contributed by atoms with Gasteiger partial charge in [0.15, 0.2) is 18.9 Å². The van der Waals surface area contributed by atoms with Crippen molar-refractivity contribution in [1.82, 2.24) is 0 Å². The van der Waals surface area contributed by atoms with E-state index in [2.05, 4.69) is 0 Å². The van der Waals surface area contributed by atoms with Crippen molar-refractivity contribution in [2.45, 2.75) is 18.4 Å². The van der Waals surface area contributed by atoms with Crippen molar-refractivity contribution in [3.05, 3.63) is 59.9 Å². The van der Waals surface area contributed by atoms with Crippen LogP contribution in [0.25, 0.3) is 0 Å². The van der Waals surface area contributed by atoms with Crippen molar-refractivity contribution in [1.29, 1.82) is 0 Å². The monoisotopic (exact) mass is 266 g/mol. The molecule has 1 heterocycles. The molecular formula is C13H13FNO2S+. The molecule has 0 unspecified atom stereocenters. The minimum absolute atomic E-state index is 0.305. The number of aromatic nitrogens is 1. The molecule has 0 atom stereocenters. The quantitative estimate of drug-likeness (QED) is 0.629. The Hall–Kier alpha value is -1.75. The molecule has 0 aliphatic rings. The van der Waals surface area contributed by atoms with Gasteiger partial charge in [-0.1, -0.05) is 12.1 Å². The molecule has 0 bridgehead atoms. The Morgan fingerprint density at radius 1 is 1.06 bits per heavy atom. The Kier molecular flexibility index (Phi) is 3.43. The number of hydrogen-bond acceptors (Lipinski definition) is 2. The van der Waals surface area contributed by atoms with E-state index in [1.165, 1.54) is 17.7 Å². The summed E-state index contributed by atoms with van der Waals surface area (Å²) < 4.78 is 36.0. The van der Waals surface area contributed by atoms with E-state index >= 15 is 0 Å². The van der Waals surface area contributed by atoms with E-state index < -0.39 is 10.2 Å². The van der Waals surface area contributed by atoms with Crippen LogP contribution in [0.15, 0.2) is 53.7 Å². The Morgan fingerprint density at radius 3 is 2.11 bits per heavy atom. The fourth-order valence-corrected chi connectivity index (χ4v) is 2.07. The Labute approximate surface area is 106 Å². The number of nitrogens with zero attached hydrogens (tertiary/aromatic N) is 1. The van der Waals surface area contributed by atoms with Crippen LogP contribution in [0.3, 0.4) is 0 Å². The van der Waals surface area contributed by atoms with Crippen LogP contribution in [0.4, 0.5) is 3.89 Å². The van der Waals surface area contributed by atoms with Crippen LogP contribution in [0, 0.1) is 6.92 Å². The van der Waals surface area contributed by atoms with E-state index in [1.807, 2.05) is 36.0 Å². The van der Waals surface area contributed by atoms with Gasteiger partial charge >= 0.3 is 10.2 Å². The summed E-state index contributed by atoms with van der Waals surface area (Å²) in [6.45, 7) is 2.62. The SMILES string of the molecule is Cc1cc[n+](Cc2ccc(S(=O)(=O)F)cc2)cc1. The topological polar surface area (TPSA) is 38.0 Å². The van der Waals surface area contributed by atoms with Crippen LogP contribution in [0.2, 0.25) is 0 Å². The summed E-state index contributed by atoms with van der Waals surface area (Å²) in [4.78, 5) is -0.305. The van der Waals surface area contributed by atoms with Gasteiger partial charge in [0.25, 0.3) is 0 Å². The largest absolute Gasteiger partial charge is 0.332 e. The Morgan fingerprint density at radius 2 is 1.61 bits per heavy atom. The van der Waals surface area contributed by atoms with E-state index in [-0.39, 0.29) is 4.90 Å². The highest BCUT2D eigenvalue weighted by Crippen LogP contribution is 2.12. The summed E-state index contributed by atoms with van der Waals surface area (Å²) in [7, 11) is -4.60.